The molecule has 30 heavy (non-hydrogen) atoms. The number of ether oxygens (including phenoxy) is 2. The first-order valence-corrected chi connectivity index (χ1v) is 11.1. The zero-order valence-electron chi connectivity index (χ0n) is 18.4. The van der Waals surface area contributed by atoms with Gasteiger partial charge in [0.05, 0.1) is 0 Å². The summed E-state index contributed by atoms with van der Waals surface area (Å²) in [5.41, 5.74) is 0.904. The van der Waals surface area contributed by atoms with E-state index < -0.39 is 6.10 Å². The first-order chi connectivity index (χ1) is 14.5. The average molecular weight is 405 g/mol. The van der Waals surface area contributed by atoms with E-state index in [0.717, 1.165) is 39.9 Å². The summed E-state index contributed by atoms with van der Waals surface area (Å²) in [6.07, 6.45) is 2.47. The number of benzene rings is 3. The molecule has 4 rings (SSSR count). The number of hydrogen-bond acceptors (Lipinski definition) is 3. The molecule has 3 aromatic carbocycles. The van der Waals surface area contributed by atoms with E-state index in [2.05, 4.69) is 51.1 Å². The summed E-state index contributed by atoms with van der Waals surface area (Å²) in [7, 11) is 1.60. The van der Waals surface area contributed by atoms with E-state index in [4.69, 9.17) is 9.47 Å². The van der Waals surface area contributed by atoms with Crippen LogP contribution in [-0.2, 0) is 14.3 Å². The Morgan fingerprint density at radius 3 is 2.13 bits per heavy atom. The smallest absolute Gasteiger partial charge is 0.340 e. The molecule has 4 atom stereocenters. The Hall–Kier alpha value is -2.39. The van der Waals surface area contributed by atoms with Gasteiger partial charge in [-0.15, -0.1) is 0 Å². The number of rotatable bonds is 5. The van der Waals surface area contributed by atoms with E-state index in [1.807, 2.05) is 24.3 Å². The normalized spacial score (nSPS) is 23.0. The highest BCUT2D eigenvalue weighted by molar-refractivity contribution is 6.05. The predicted molar refractivity (Wildman–Crippen MR) is 122 cm³/mol. The standard InChI is InChI=1S/C27H32O3/c1-17(2)21-14-13-18(3)15-24(21)30-27(28)26(29-4)25-22-11-7-5-9-19(22)16-20-10-6-8-12-23(20)25/h5-12,16-18,21,24,26H,13-15H2,1-4H3/t18-,21+,24-,26?/m1/s1. The SMILES string of the molecule is COC(C(=O)O[C@@H]1C[C@H](C)CC[C@H]1C(C)C)c1c2ccccc2cc2ccccc12. The molecule has 1 unspecified atom stereocenters. The van der Waals surface area contributed by atoms with Gasteiger partial charge in [0.15, 0.2) is 6.10 Å². The second kappa shape index (κ2) is 8.77. The van der Waals surface area contributed by atoms with Crippen molar-refractivity contribution in [2.24, 2.45) is 17.8 Å². The zero-order chi connectivity index (χ0) is 21.3. The van der Waals surface area contributed by atoms with Gasteiger partial charge in [0.25, 0.3) is 0 Å². The van der Waals surface area contributed by atoms with Gasteiger partial charge in [0.2, 0.25) is 0 Å². The summed E-state index contributed by atoms with van der Waals surface area (Å²) in [6.45, 7) is 6.71. The topological polar surface area (TPSA) is 35.5 Å². The van der Waals surface area contributed by atoms with Gasteiger partial charge in [-0.25, -0.2) is 4.79 Å². The fourth-order valence-electron chi connectivity index (χ4n) is 5.12. The molecular weight excluding hydrogens is 372 g/mol. The highest BCUT2D eigenvalue weighted by Gasteiger charge is 2.36. The van der Waals surface area contributed by atoms with Crippen molar-refractivity contribution in [2.45, 2.75) is 52.2 Å². The van der Waals surface area contributed by atoms with Crippen LogP contribution in [0.3, 0.4) is 0 Å². The van der Waals surface area contributed by atoms with Gasteiger partial charge >= 0.3 is 5.97 Å². The molecule has 1 aliphatic rings. The maximum Gasteiger partial charge on any atom is 0.340 e. The molecule has 0 amide bonds. The highest BCUT2D eigenvalue weighted by atomic mass is 16.6. The molecule has 0 radical (unpaired) electrons. The first kappa shape index (κ1) is 20.9. The molecule has 1 aliphatic carbocycles. The van der Waals surface area contributed by atoms with E-state index >= 15 is 0 Å². The maximum absolute atomic E-state index is 13.5. The van der Waals surface area contributed by atoms with Gasteiger partial charge in [0, 0.05) is 12.7 Å². The fraction of sp³-hybridized carbons (Fsp3) is 0.444. The lowest BCUT2D eigenvalue weighted by molar-refractivity contribution is -0.168. The maximum atomic E-state index is 13.5. The summed E-state index contributed by atoms with van der Waals surface area (Å²) in [4.78, 5) is 13.5. The zero-order valence-corrected chi connectivity index (χ0v) is 18.4. The predicted octanol–water partition coefficient (Wildman–Crippen LogP) is 6.68. The van der Waals surface area contributed by atoms with Crippen molar-refractivity contribution >= 4 is 27.5 Å². The second-order valence-electron chi connectivity index (χ2n) is 9.15. The second-order valence-corrected chi connectivity index (χ2v) is 9.15. The van der Waals surface area contributed by atoms with Crippen LogP contribution in [0.4, 0.5) is 0 Å². The van der Waals surface area contributed by atoms with E-state index in [9.17, 15) is 4.79 Å². The van der Waals surface area contributed by atoms with E-state index in [-0.39, 0.29) is 12.1 Å². The summed E-state index contributed by atoms with van der Waals surface area (Å²) < 4.78 is 12.0. The minimum Gasteiger partial charge on any atom is -0.460 e. The first-order valence-electron chi connectivity index (χ1n) is 11.1. The lowest BCUT2D eigenvalue weighted by Crippen LogP contribution is -2.37. The minimum atomic E-state index is -0.744. The molecule has 0 aliphatic heterocycles. The Kier molecular flexibility index (Phi) is 6.10. The van der Waals surface area contributed by atoms with E-state index in [0.29, 0.717) is 17.8 Å². The Morgan fingerprint density at radius 1 is 0.967 bits per heavy atom. The van der Waals surface area contributed by atoms with Crippen LogP contribution in [0.15, 0.2) is 54.6 Å². The van der Waals surface area contributed by atoms with Gasteiger partial charge in [-0.1, -0.05) is 75.7 Å². The number of carbonyl (C=O) groups is 1. The highest BCUT2D eigenvalue weighted by Crippen LogP contribution is 2.38. The Balaban J connectivity index is 1.74. The molecule has 0 heterocycles. The Bertz CT molecular complexity index is 985. The summed E-state index contributed by atoms with van der Waals surface area (Å²) in [6, 6.07) is 18.5. The van der Waals surface area contributed by atoms with Crippen molar-refractivity contribution in [1.82, 2.24) is 0 Å². The molecule has 0 saturated heterocycles. The van der Waals surface area contributed by atoms with Gasteiger partial charge < -0.3 is 9.47 Å². The molecule has 0 bridgehead atoms. The summed E-state index contributed by atoms with van der Waals surface area (Å²) in [5, 5.41) is 4.29. The molecule has 0 spiro atoms. The van der Waals surface area contributed by atoms with Crippen molar-refractivity contribution in [3.05, 3.63) is 60.2 Å². The molecular formula is C27H32O3. The van der Waals surface area contributed by atoms with Crippen molar-refractivity contribution < 1.29 is 14.3 Å². The Labute approximate surface area is 179 Å². The summed E-state index contributed by atoms with van der Waals surface area (Å²) in [5.74, 6) is 1.21. The van der Waals surface area contributed by atoms with Crippen LogP contribution in [0.5, 0.6) is 0 Å². The lowest BCUT2D eigenvalue weighted by atomic mass is 9.75. The third kappa shape index (κ3) is 3.96. The fourth-order valence-corrected chi connectivity index (χ4v) is 5.12. The number of methoxy groups -OCH3 is 1. The monoisotopic (exact) mass is 404 g/mol. The van der Waals surface area contributed by atoms with Gasteiger partial charge in [-0.2, -0.15) is 0 Å². The number of carbonyl (C=O) groups excluding carboxylic acids is 1. The lowest BCUT2D eigenvalue weighted by Gasteiger charge is -2.37. The van der Waals surface area contributed by atoms with E-state index in [1.54, 1.807) is 7.11 Å². The third-order valence-electron chi connectivity index (χ3n) is 6.75. The largest absolute Gasteiger partial charge is 0.460 e. The molecule has 3 heteroatoms. The van der Waals surface area contributed by atoms with Crippen molar-refractivity contribution in [3.8, 4) is 0 Å². The van der Waals surface area contributed by atoms with Crippen LogP contribution >= 0.6 is 0 Å². The third-order valence-corrected chi connectivity index (χ3v) is 6.75. The molecule has 158 valence electrons. The van der Waals surface area contributed by atoms with Crippen LogP contribution in [0, 0.1) is 17.8 Å². The van der Waals surface area contributed by atoms with Crippen LogP contribution in [0.2, 0.25) is 0 Å². The molecule has 1 saturated carbocycles. The number of hydrogen-bond donors (Lipinski definition) is 0. The van der Waals surface area contributed by atoms with Crippen molar-refractivity contribution in [2.75, 3.05) is 7.11 Å². The Morgan fingerprint density at radius 2 is 1.57 bits per heavy atom. The minimum absolute atomic E-state index is 0.0415. The van der Waals surface area contributed by atoms with Crippen LogP contribution < -0.4 is 0 Å². The van der Waals surface area contributed by atoms with E-state index in [1.165, 1.54) is 6.42 Å². The molecule has 1 fully saturated rings. The summed E-state index contributed by atoms with van der Waals surface area (Å²) >= 11 is 0. The average Bonchev–Trinajstić information content (AvgIpc) is 2.73. The molecule has 3 nitrogen and oxygen atoms in total. The van der Waals surface area contributed by atoms with Crippen molar-refractivity contribution in [1.29, 1.82) is 0 Å². The van der Waals surface area contributed by atoms with Crippen LogP contribution in [0.25, 0.3) is 21.5 Å². The molecule has 0 N–H and O–H groups in total. The van der Waals surface area contributed by atoms with Gasteiger partial charge in [-0.3, -0.25) is 0 Å². The van der Waals surface area contributed by atoms with Crippen molar-refractivity contribution in [3.63, 3.8) is 0 Å². The molecule has 0 aromatic heterocycles. The van der Waals surface area contributed by atoms with Gasteiger partial charge in [-0.05, 0) is 58.2 Å². The quantitative estimate of drug-likeness (QED) is 0.351. The number of esters is 1. The van der Waals surface area contributed by atoms with Crippen LogP contribution in [0.1, 0.15) is 51.7 Å². The van der Waals surface area contributed by atoms with Gasteiger partial charge in [0.1, 0.15) is 6.10 Å². The molecule has 3 aromatic rings. The number of fused-ring (bicyclic) bond motifs is 2. The van der Waals surface area contributed by atoms with Crippen LogP contribution in [-0.4, -0.2) is 19.2 Å².